The maximum absolute atomic E-state index is 13.9. The molecule has 1 saturated carbocycles. The molecule has 4 aromatic rings. The summed E-state index contributed by atoms with van der Waals surface area (Å²) in [6, 6.07) is 12.5. The molecule has 2 aromatic heterocycles. The summed E-state index contributed by atoms with van der Waals surface area (Å²) in [4.78, 5) is 33.9. The lowest BCUT2D eigenvalue weighted by atomic mass is 9.94. The number of amides is 1. The molecule has 0 atom stereocenters. The van der Waals surface area contributed by atoms with E-state index in [9.17, 15) is 19.8 Å². The fourth-order valence-corrected chi connectivity index (χ4v) is 6.10. The summed E-state index contributed by atoms with van der Waals surface area (Å²) < 4.78 is 1.65. The predicted octanol–water partition coefficient (Wildman–Crippen LogP) is 4.99. The van der Waals surface area contributed by atoms with E-state index in [0.29, 0.717) is 16.8 Å². The SMILES string of the molecule is Cc1c(CC(=O)N(c2nccs2)C2CCCCC2)c2cc(CO)ccc2n1C(=O)c1ccc(CO)cc1. The summed E-state index contributed by atoms with van der Waals surface area (Å²) in [6.45, 7) is 1.65. The van der Waals surface area contributed by atoms with Gasteiger partial charge in [-0.1, -0.05) is 37.5 Å². The first-order valence-corrected chi connectivity index (χ1v) is 13.6. The van der Waals surface area contributed by atoms with Crippen LogP contribution in [0.3, 0.4) is 0 Å². The summed E-state index contributed by atoms with van der Waals surface area (Å²) in [5.41, 5.74) is 4.14. The zero-order valence-electron chi connectivity index (χ0n) is 20.9. The minimum Gasteiger partial charge on any atom is -0.392 e. The van der Waals surface area contributed by atoms with E-state index in [0.717, 1.165) is 52.9 Å². The third-order valence-electron chi connectivity index (χ3n) is 7.33. The van der Waals surface area contributed by atoms with Gasteiger partial charge in [-0.15, -0.1) is 11.3 Å². The van der Waals surface area contributed by atoms with E-state index in [4.69, 9.17) is 0 Å². The highest BCUT2D eigenvalue weighted by Gasteiger charge is 2.30. The van der Waals surface area contributed by atoms with Crippen LogP contribution in [-0.2, 0) is 24.4 Å². The van der Waals surface area contributed by atoms with Crippen LogP contribution >= 0.6 is 11.3 Å². The lowest BCUT2D eigenvalue weighted by Crippen LogP contribution is -2.42. The van der Waals surface area contributed by atoms with Crippen LogP contribution in [-0.4, -0.2) is 37.6 Å². The van der Waals surface area contributed by atoms with Crippen LogP contribution in [0.4, 0.5) is 5.13 Å². The number of fused-ring (bicyclic) bond motifs is 1. The van der Waals surface area contributed by atoms with Crippen molar-refractivity contribution in [2.75, 3.05) is 4.90 Å². The Morgan fingerprint density at radius 1 is 1.03 bits per heavy atom. The molecule has 0 aliphatic heterocycles. The number of benzene rings is 2. The highest BCUT2D eigenvalue weighted by Crippen LogP contribution is 2.33. The van der Waals surface area contributed by atoms with Crippen LogP contribution in [0.15, 0.2) is 54.0 Å². The maximum atomic E-state index is 13.9. The van der Waals surface area contributed by atoms with E-state index in [2.05, 4.69) is 4.98 Å². The molecule has 2 aromatic carbocycles. The first-order valence-electron chi connectivity index (χ1n) is 12.7. The van der Waals surface area contributed by atoms with Crippen molar-refractivity contribution in [1.29, 1.82) is 0 Å². The Hall–Kier alpha value is -3.33. The molecule has 192 valence electrons. The van der Waals surface area contributed by atoms with E-state index >= 15 is 0 Å². The van der Waals surface area contributed by atoms with Gasteiger partial charge in [0.15, 0.2) is 5.13 Å². The minimum absolute atomic E-state index is 0.0295. The normalized spacial score (nSPS) is 14.2. The van der Waals surface area contributed by atoms with Gasteiger partial charge in [0.05, 0.1) is 25.2 Å². The molecular weight excluding hydrogens is 486 g/mol. The smallest absolute Gasteiger partial charge is 0.262 e. The third-order valence-corrected chi connectivity index (χ3v) is 8.10. The number of hydrogen-bond acceptors (Lipinski definition) is 6. The molecule has 1 amide bonds. The van der Waals surface area contributed by atoms with Gasteiger partial charge in [0.1, 0.15) is 0 Å². The molecule has 0 unspecified atom stereocenters. The minimum atomic E-state index is -0.202. The number of nitrogens with zero attached hydrogens (tertiary/aromatic N) is 3. The summed E-state index contributed by atoms with van der Waals surface area (Å²) in [6.07, 6.45) is 7.18. The molecule has 0 radical (unpaired) electrons. The second-order valence-electron chi connectivity index (χ2n) is 9.62. The van der Waals surface area contributed by atoms with Gasteiger partial charge in [-0.05, 0) is 60.7 Å². The molecule has 8 heteroatoms. The van der Waals surface area contributed by atoms with Crippen LogP contribution in [0.5, 0.6) is 0 Å². The summed E-state index contributed by atoms with van der Waals surface area (Å²) in [5, 5.41) is 22.6. The Labute approximate surface area is 220 Å². The van der Waals surface area contributed by atoms with Gasteiger partial charge in [0.25, 0.3) is 5.91 Å². The third kappa shape index (κ3) is 4.97. The molecule has 1 aliphatic carbocycles. The van der Waals surface area contributed by atoms with Crippen molar-refractivity contribution in [3.8, 4) is 0 Å². The van der Waals surface area contributed by atoms with Gasteiger partial charge in [0, 0.05) is 34.3 Å². The predicted molar refractivity (Wildman–Crippen MR) is 145 cm³/mol. The van der Waals surface area contributed by atoms with Crippen LogP contribution in [0.1, 0.15) is 64.8 Å². The molecule has 5 rings (SSSR count). The Balaban J connectivity index is 1.56. The molecule has 1 aliphatic rings. The summed E-state index contributed by atoms with van der Waals surface area (Å²) >= 11 is 1.47. The highest BCUT2D eigenvalue weighted by molar-refractivity contribution is 7.13. The van der Waals surface area contributed by atoms with Crippen molar-refractivity contribution in [2.45, 2.75) is 64.7 Å². The number of aliphatic hydroxyl groups is 2. The van der Waals surface area contributed by atoms with Crippen molar-refractivity contribution < 1.29 is 19.8 Å². The van der Waals surface area contributed by atoms with Crippen molar-refractivity contribution in [1.82, 2.24) is 9.55 Å². The largest absolute Gasteiger partial charge is 0.392 e. The number of hydrogen-bond donors (Lipinski definition) is 2. The van der Waals surface area contributed by atoms with Crippen molar-refractivity contribution >= 4 is 39.2 Å². The zero-order valence-corrected chi connectivity index (χ0v) is 21.7. The topological polar surface area (TPSA) is 95.7 Å². The summed E-state index contributed by atoms with van der Waals surface area (Å²) in [7, 11) is 0. The second-order valence-corrected chi connectivity index (χ2v) is 10.5. The molecule has 2 heterocycles. The van der Waals surface area contributed by atoms with Gasteiger partial charge >= 0.3 is 0 Å². The molecule has 2 N–H and O–H groups in total. The van der Waals surface area contributed by atoms with Gasteiger partial charge in [-0.25, -0.2) is 4.98 Å². The first-order chi connectivity index (χ1) is 18.0. The van der Waals surface area contributed by atoms with Crippen LogP contribution in [0.2, 0.25) is 0 Å². The highest BCUT2D eigenvalue weighted by atomic mass is 32.1. The lowest BCUT2D eigenvalue weighted by molar-refractivity contribution is -0.118. The maximum Gasteiger partial charge on any atom is 0.262 e. The molecule has 7 nitrogen and oxygen atoms in total. The number of thiazole rings is 1. The average Bonchev–Trinajstić information content (AvgIpc) is 3.55. The first kappa shape index (κ1) is 25.3. The Kier molecular flexibility index (Phi) is 7.50. The van der Waals surface area contributed by atoms with Crippen molar-refractivity contribution in [3.63, 3.8) is 0 Å². The quantitative estimate of drug-likeness (QED) is 0.360. The number of anilines is 1. The molecule has 0 saturated heterocycles. The monoisotopic (exact) mass is 517 g/mol. The summed E-state index contributed by atoms with van der Waals surface area (Å²) in [5.74, 6) is -0.232. The van der Waals surface area contributed by atoms with E-state index in [-0.39, 0.29) is 37.5 Å². The standard InChI is InChI=1S/C29H31N3O4S/c1-19-24(16-27(35)32(29-30-13-14-37-29)23-5-3-2-4-6-23)25-15-21(18-34)9-12-26(25)31(19)28(36)22-10-7-20(17-33)8-11-22/h7-15,23,33-34H,2-6,16-18H2,1H3. The second kappa shape index (κ2) is 11.0. The van der Waals surface area contributed by atoms with Gasteiger partial charge < -0.3 is 10.2 Å². The molecule has 37 heavy (non-hydrogen) atoms. The van der Waals surface area contributed by atoms with Crippen molar-refractivity contribution in [2.24, 2.45) is 0 Å². The lowest BCUT2D eigenvalue weighted by Gasteiger charge is -2.32. The number of rotatable bonds is 7. The number of aliphatic hydroxyl groups excluding tert-OH is 2. The molecular formula is C29H31N3O4S. The van der Waals surface area contributed by atoms with E-state index < -0.39 is 0 Å². The van der Waals surface area contributed by atoms with E-state index in [1.54, 1.807) is 41.1 Å². The van der Waals surface area contributed by atoms with Gasteiger partial charge in [-0.3, -0.25) is 19.1 Å². The van der Waals surface area contributed by atoms with Crippen LogP contribution in [0, 0.1) is 6.92 Å². The van der Waals surface area contributed by atoms with Crippen LogP contribution in [0.25, 0.3) is 10.9 Å². The molecule has 1 fully saturated rings. The molecule has 0 spiro atoms. The Morgan fingerprint density at radius 2 is 1.73 bits per heavy atom. The van der Waals surface area contributed by atoms with Crippen molar-refractivity contribution in [3.05, 3.63) is 82.0 Å². The van der Waals surface area contributed by atoms with Gasteiger partial charge in [-0.2, -0.15) is 0 Å². The number of carbonyl (C=O) groups is 2. The fourth-order valence-electron chi connectivity index (χ4n) is 5.37. The van der Waals surface area contributed by atoms with E-state index in [1.165, 1.54) is 17.8 Å². The Bertz CT molecular complexity index is 1400. The number of carbonyl (C=O) groups excluding carboxylic acids is 2. The number of aromatic nitrogens is 2. The Morgan fingerprint density at radius 3 is 2.38 bits per heavy atom. The van der Waals surface area contributed by atoms with Gasteiger partial charge in [0.2, 0.25) is 5.91 Å². The molecule has 0 bridgehead atoms. The zero-order chi connectivity index (χ0) is 25.9. The average molecular weight is 518 g/mol. The van der Waals surface area contributed by atoms with E-state index in [1.807, 2.05) is 29.3 Å². The fraction of sp³-hybridized carbons (Fsp3) is 0.345. The van der Waals surface area contributed by atoms with Crippen LogP contribution < -0.4 is 4.90 Å².